The number of unbranched alkanes of at least 4 members (excludes halogenated alkanes) is 4. The molecule has 1 aromatic carbocycles. The molecule has 0 bridgehead atoms. The molecule has 3 amide bonds. The summed E-state index contributed by atoms with van der Waals surface area (Å²) in [5.74, 6) is 0.240. The second kappa shape index (κ2) is 10.9. The van der Waals surface area contributed by atoms with Crippen molar-refractivity contribution in [3.05, 3.63) is 39.7 Å². The molecule has 198 valence electrons. The summed E-state index contributed by atoms with van der Waals surface area (Å²) >= 11 is 0. The third kappa shape index (κ3) is 5.68. The average Bonchev–Trinajstić information content (AvgIpc) is 2.95. The van der Waals surface area contributed by atoms with Crippen molar-refractivity contribution in [1.29, 1.82) is 0 Å². The number of ether oxygens (including phenoxy) is 1. The first kappa shape index (κ1) is 27.5. The number of fused-ring (bicyclic) bond motifs is 1. The van der Waals surface area contributed by atoms with Crippen LogP contribution < -0.4 is 10.4 Å². The lowest BCUT2D eigenvalue weighted by atomic mass is 10.0. The molecule has 10 heteroatoms. The molecule has 1 aromatic heterocycles. The Kier molecular flexibility index (Phi) is 8.36. The number of hydrogen-bond donors (Lipinski definition) is 0. The van der Waals surface area contributed by atoms with Crippen molar-refractivity contribution in [3.8, 4) is 5.75 Å². The van der Waals surface area contributed by atoms with E-state index in [0.717, 1.165) is 25.7 Å². The Labute approximate surface area is 208 Å². The molecule has 0 spiro atoms. The van der Waals surface area contributed by atoms with E-state index in [1.165, 1.54) is 21.9 Å². The lowest BCUT2D eigenvalue weighted by Gasteiger charge is -2.22. The van der Waals surface area contributed by atoms with Crippen LogP contribution in [0.2, 0.25) is 0 Å². The Hall–Kier alpha value is -3.04. The molecule has 0 atom stereocenters. The summed E-state index contributed by atoms with van der Waals surface area (Å²) in [6, 6.07) is 3.00. The average molecular weight is 511 g/mol. The van der Waals surface area contributed by atoms with Crippen molar-refractivity contribution in [2.24, 2.45) is 0 Å². The van der Waals surface area contributed by atoms with Crippen molar-refractivity contribution in [3.63, 3.8) is 0 Å². The van der Waals surface area contributed by atoms with E-state index in [9.17, 15) is 27.6 Å². The molecule has 36 heavy (non-hydrogen) atoms. The zero-order valence-electron chi connectivity index (χ0n) is 21.2. The smallest absolute Gasteiger partial charge is 0.417 e. The number of carbonyl (C=O) groups is 2. The predicted molar refractivity (Wildman–Crippen MR) is 129 cm³/mol. The molecule has 0 saturated carbocycles. The molecule has 1 saturated heterocycles. The van der Waals surface area contributed by atoms with E-state index in [0.29, 0.717) is 49.8 Å². The van der Waals surface area contributed by atoms with E-state index in [2.05, 4.69) is 0 Å². The van der Waals surface area contributed by atoms with Crippen LogP contribution in [0.1, 0.15) is 70.4 Å². The Bertz CT molecular complexity index is 1170. The largest absolute Gasteiger partial charge is 0.493 e. The number of alkyl halides is 3. The van der Waals surface area contributed by atoms with Gasteiger partial charge < -0.3 is 14.1 Å². The molecule has 7 nitrogen and oxygen atoms in total. The van der Waals surface area contributed by atoms with Gasteiger partial charge in [0.05, 0.1) is 12.2 Å². The zero-order valence-corrected chi connectivity index (χ0v) is 21.2. The minimum Gasteiger partial charge on any atom is -0.493 e. The van der Waals surface area contributed by atoms with E-state index in [4.69, 9.17) is 9.15 Å². The third-order valence-electron chi connectivity index (χ3n) is 6.69. The highest BCUT2D eigenvalue weighted by Gasteiger charge is 2.48. The van der Waals surface area contributed by atoms with Crippen LogP contribution >= 0.6 is 0 Å². The number of halogens is 3. The third-order valence-corrected chi connectivity index (χ3v) is 6.69. The van der Waals surface area contributed by atoms with Crippen LogP contribution in [0.15, 0.2) is 27.4 Å². The van der Waals surface area contributed by atoms with Crippen molar-refractivity contribution >= 4 is 22.9 Å². The fraction of sp³-hybridized carbons (Fsp3) is 0.577. The fourth-order valence-electron chi connectivity index (χ4n) is 4.38. The molecule has 2 heterocycles. The first-order valence-electron chi connectivity index (χ1n) is 12.3. The lowest BCUT2D eigenvalue weighted by Crippen LogP contribution is -2.41. The number of nitrogens with zero attached hydrogens (tertiary/aromatic N) is 2. The van der Waals surface area contributed by atoms with Crippen LogP contribution in [0.5, 0.6) is 5.75 Å². The maximum absolute atomic E-state index is 13.4. The summed E-state index contributed by atoms with van der Waals surface area (Å²) in [6.45, 7) is 6.11. The number of hydrogen-bond acceptors (Lipinski definition) is 5. The Balaban J connectivity index is 1.52. The van der Waals surface area contributed by atoms with Crippen molar-refractivity contribution in [2.45, 2.75) is 77.4 Å². The maximum Gasteiger partial charge on any atom is 0.417 e. The molecule has 0 aliphatic carbocycles. The summed E-state index contributed by atoms with van der Waals surface area (Å²) in [7, 11) is 1.63. The van der Waals surface area contributed by atoms with E-state index in [-0.39, 0.29) is 22.9 Å². The number of aryl methyl sites for hydroxylation is 1. The van der Waals surface area contributed by atoms with Gasteiger partial charge in [-0.3, -0.25) is 9.69 Å². The number of carbonyl (C=O) groups excluding carboxylic acids is 2. The highest BCUT2D eigenvalue weighted by molar-refractivity contribution is 6.06. The highest BCUT2D eigenvalue weighted by atomic mass is 19.4. The minimum absolute atomic E-state index is 0.0750. The van der Waals surface area contributed by atoms with Gasteiger partial charge in [0.2, 0.25) is 0 Å². The summed E-state index contributed by atoms with van der Waals surface area (Å²) in [5.41, 5.74) is -2.48. The van der Waals surface area contributed by atoms with Crippen molar-refractivity contribution in [1.82, 2.24) is 9.80 Å². The van der Waals surface area contributed by atoms with Crippen LogP contribution in [-0.2, 0) is 17.4 Å². The Morgan fingerprint density at radius 2 is 1.69 bits per heavy atom. The number of rotatable bonds is 11. The van der Waals surface area contributed by atoms with E-state index in [1.807, 2.05) is 6.92 Å². The van der Waals surface area contributed by atoms with Crippen LogP contribution in [-0.4, -0.2) is 47.5 Å². The van der Waals surface area contributed by atoms with Crippen LogP contribution in [0.25, 0.3) is 11.0 Å². The van der Waals surface area contributed by atoms with Gasteiger partial charge in [0, 0.05) is 30.6 Å². The van der Waals surface area contributed by atoms with Crippen LogP contribution in [0.4, 0.5) is 18.0 Å². The van der Waals surface area contributed by atoms with Gasteiger partial charge in [0.25, 0.3) is 5.91 Å². The van der Waals surface area contributed by atoms with Gasteiger partial charge in [-0.1, -0.05) is 32.6 Å². The van der Waals surface area contributed by atoms with Gasteiger partial charge in [-0.25, -0.2) is 9.59 Å². The first-order chi connectivity index (χ1) is 16.9. The number of urea groups is 1. The van der Waals surface area contributed by atoms with Crippen LogP contribution in [0.3, 0.4) is 0 Å². The molecular weight excluding hydrogens is 477 g/mol. The van der Waals surface area contributed by atoms with Gasteiger partial charge in [-0.05, 0) is 45.2 Å². The van der Waals surface area contributed by atoms with Gasteiger partial charge >= 0.3 is 17.8 Å². The van der Waals surface area contributed by atoms with Gasteiger partial charge in [-0.2, -0.15) is 13.2 Å². The second-order valence-electron chi connectivity index (χ2n) is 9.62. The summed E-state index contributed by atoms with van der Waals surface area (Å²) < 4.78 is 51.3. The molecule has 1 fully saturated rings. The Morgan fingerprint density at radius 3 is 2.31 bits per heavy atom. The molecule has 0 N–H and O–H groups in total. The Morgan fingerprint density at radius 1 is 1.03 bits per heavy atom. The topological polar surface area (TPSA) is 80.1 Å². The lowest BCUT2D eigenvalue weighted by molar-refractivity contribution is -0.136. The molecule has 0 radical (unpaired) electrons. The molecule has 1 aliphatic heterocycles. The van der Waals surface area contributed by atoms with E-state index >= 15 is 0 Å². The molecule has 0 unspecified atom stereocenters. The van der Waals surface area contributed by atoms with Gasteiger partial charge in [0.1, 0.15) is 16.9 Å². The first-order valence-corrected chi connectivity index (χ1v) is 12.3. The number of amides is 3. The van der Waals surface area contributed by atoms with Crippen LogP contribution in [0, 0.1) is 0 Å². The number of likely N-dealkylation sites (N-methyl/N-ethyl adjacent to an activating group) is 1. The standard InChI is InChI=1S/C26H33F3N2O5/c1-5-11-18-20(13-12-17-19(26(27,28)29)16-21(32)36-22(17)18)35-15-10-8-6-7-9-14-31-23(33)25(2,3)30(4)24(31)34/h12-13,16H,5-11,14-15H2,1-4H3. The maximum atomic E-state index is 13.4. The highest BCUT2D eigenvalue weighted by Crippen LogP contribution is 2.37. The number of benzene rings is 1. The van der Waals surface area contributed by atoms with E-state index < -0.39 is 22.9 Å². The van der Waals surface area contributed by atoms with Crippen molar-refractivity contribution in [2.75, 3.05) is 20.2 Å². The fourth-order valence-corrected chi connectivity index (χ4v) is 4.38. The number of imide groups is 1. The summed E-state index contributed by atoms with van der Waals surface area (Å²) in [5, 5.41) is -0.151. The molecular formula is C26H33F3N2O5. The van der Waals surface area contributed by atoms with E-state index in [1.54, 1.807) is 20.9 Å². The minimum atomic E-state index is -4.67. The second-order valence-corrected chi connectivity index (χ2v) is 9.62. The normalized spacial score (nSPS) is 15.9. The monoisotopic (exact) mass is 510 g/mol. The molecule has 1 aliphatic rings. The zero-order chi connectivity index (χ0) is 26.7. The quantitative estimate of drug-likeness (QED) is 0.218. The predicted octanol–water partition coefficient (Wildman–Crippen LogP) is 5.77. The molecule has 2 aromatic rings. The summed E-state index contributed by atoms with van der Waals surface area (Å²) in [6.07, 6.45) is 0.438. The van der Waals surface area contributed by atoms with Gasteiger partial charge in [-0.15, -0.1) is 0 Å². The SMILES string of the molecule is CCCc1c(OCCCCCCCN2C(=O)N(C)C(C)(C)C2=O)ccc2c(C(F)(F)F)cc(=O)oc12. The molecule has 3 rings (SSSR count). The summed E-state index contributed by atoms with van der Waals surface area (Å²) in [4.78, 5) is 39.2. The van der Waals surface area contributed by atoms with Gasteiger partial charge in [0.15, 0.2) is 0 Å². The van der Waals surface area contributed by atoms with Crippen molar-refractivity contribution < 1.29 is 31.9 Å².